The van der Waals surface area contributed by atoms with E-state index in [9.17, 15) is 19.2 Å². The fraction of sp³-hybridized carbons (Fsp3) is 0.409. The summed E-state index contributed by atoms with van der Waals surface area (Å²) in [5, 5.41) is 6.71. The average molecular weight is 487 g/mol. The van der Waals surface area contributed by atoms with E-state index in [2.05, 4.69) is 10.2 Å². The van der Waals surface area contributed by atoms with Crippen LogP contribution in [0.25, 0.3) is 0 Å². The largest absolute Gasteiger partial charge is 0.384 e. The van der Waals surface area contributed by atoms with Crippen molar-refractivity contribution in [1.82, 2.24) is 23.9 Å². The fourth-order valence-corrected chi connectivity index (χ4v) is 4.77. The summed E-state index contributed by atoms with van der Waals surface area (Å²) in [6.45, 7) is 2.86. The van der Waals surface area contributed by atoms with Crippen LogP contribution in [0.5, 0.6) is 0 Å². The molecule has 180 valence electrons. The Kier molecular flexibility index (Phi) is 7.17. The third-order valence-corrected chi connectivity index (χ3v) is 6.69. The van der Waals surface area contributed by atoms with Crippen LogP contribution in [0.15, 0.2) is 49.9 Å². The molecule has 3 N–H and O–H groups in total. The van der Waals surface area contributed by atoms with Crippen LogP contribution in [-0.4, -0.2) is 48.1 Å². The lowest BCUT2D eigenvalue weighted by atomic mass is 10.2. The second kappa shape index (κ2) is 10.3. The Labute approximate surface area is 198 Å². The van der Waals surface area contributed by atoms with E-state index < -0.39 is 22.7 Å². The summed E-state index contributed by atoms with van der Waals surface area (Å²) in [6.07, 6.45) is 1.69. The number of nitrogens with zero attached hydrogens (tertiary/aromatic N) is 4. The Morgan fingerprint density at radius 1 is 1.21 bits per heavy atom. The number of hydrogen-bond donors (Lipinski definition) is 2. The lowest BCUT2D eigenvalue weighted by Gasteiger charge is -2.16. The lowest BCUT2D eigenvalue weighted by molar-refractivity contribution is 0.0941. The standard InChI is InChI=1S/C22H26N6O5S/c1-2-26-19(30)17(18(23)27(22(26)32)11-14-7-4-3-5-8-14)16(29)13-34-21-25-24-20(31)28(21)12-15-9-6-10-33-15/h3-5,7-8,15H,2,6,9-13,23H2,1H3,(H,24,31). The van der Waals surface area contributed by atoms with Gasteiger partial charge in [0.25, 0.3) is 5.56 Å². The molecule has 1 aromatic carbocycles. The van der Waals surface area contributed by atoms with E-state index >= 15 is 0 Å². The first kappa shape index (κ1) is 23.8. The van der Waals surface area contributed by atoms with Crippen molar-refractivity contribution in [1.29, 1.82) is 0 Å². The second-order valence-corrected chi connectivity index (χ2v) is 8.88. The van der Waals surface area contributed by atoms with Crippen molar-refractivity contribution in [3.05, 3.63) is 72.8 Å². The Bertz CT molecular complexity index is 1350. The highest BCUT2D eigenvalue weighted by atomic mass is 32.2. The Balaban J connectivity index is 1.61. The molecule has 34 heavy (non-hydrogen) atoms. The number of Topliss-reactive ketones (excluding diaryl/α,β-unsaturated/α-hetero) is 1. The normalized spacial score (nSPS) is 15.6. The van der Waals surface area contributed by atoms with Crippen molar-refractivity contribution in [2.75, 3.05) is 18.1 Å². The van der Waals surface area contributed by atoms with Gasteiger partial charge in [-0.25, -0.2) is 14.7 Å². The molecule has 11 nitrogen and oxygen atoms in total. The van der Waals surface area contributed by atoms with E-state index in [1.165, 1.54) is 9.13 Å². The molecule has 4 rings (SSSR count). The molecule has 1 saturated heterocycles. The van der Waals surface area contributed by atoms with Crippen molar-refractivity contribution < 1.29 is 9.53 Å². The van der Waals surface area contributed by atoms with Crippen LogP contribution >= 0.6 is 11.8 Å². The summed E-state index contributed by atoms with van der Waals surface area (Å²) in [5.41, 5.74) is 5.07. The fourth-order valence-electron chi connectivity index (χ4n) is 3.94. The van der Waals surface area contributed by atoms with Gasteiger partial charge in [-0.05, 0) is 25.3 Å². The van der Waals surface area contributed by atoms with Gasteiger partial charge in [0, 0.05) is 13.2 Å². The van der Waals surface area contributed by atoms with Gasteiger partial charge in [0.2, 0.25) is 0 Å². The molecule has 3 aromatic rings. The number of hydrogen-bond acceptors (Lipinski definition) is 8. The van der Waals surface area contributed by atoms with Crippen molar-refractivity contribution in [3.8, 4) is 0 Å². The van der Waals surface area contributed by atoms with E-state index in [4.69, 9.17) is 10.5 Å². The van der Waals surface area contributed by atoms with Crippen molar-refractivity contribution in [3.63, 3.8) is 0 Å². The number of benzene rings is 1. The molecule has 0 saturated carbocycles. The summed E-state index contributed by atoms with van der Waals surface area (Å²) in [4.78, 5) is 51.1. The van der Waals surface area contributed by atoms with E-state index in [1.54, 1.807) is 6.92 Å². The van der Waals surface area contributed by atoms with Gasteiger partial charge in [-0.3, -0.25) is 23.3 Å². The predicted octanol–water partition coefficient (Wildman–Crippen LogP) is 0.699. The maximum atomic E-state index is 13.1. The van der Waals surface area contributed by atoms with Gasteiger partial charge in [0.15, 0.2) is 10.9 Å². The molecular formula is C22H26N6O5S. The number of ketones is 1. The molecule has 12 heteroatoms. The van der Waals surface area contributed by atoms with Crippen LogP contribution < -0.4 is 22.7 Å². The first-order chi connectivity index (χ1) is 16.4. The maximum absolute atomic E-state index is 13.1. The lowest BCUT2D eigenvalue weighted by Crippen LogP contribution is -2.44. The Hall–Kier alpha value is -3.38. The molecular weight excluding hydrogens is 460 g/mol. The molecule has 3 heterocycles. The highest BCUT2D eigenvalue weighted by molar-refractivity contribution is 7.99. The molecule has 1 aliphatic rings. The van der Waals surface area contributed by atoms with Gasteiger partial charge in [-0.15, -0.1) is 5.10 Å². The van der Waals surface area contributed by atoms with Gasteiger partial charge in [-0.1, -0.05) is 42.1 Å². The third kappa shape index (κ3) is 4.77. The summed E-state index contributed by atoms with van der Waals surface area (Å²) in [6, 6.07) is 9.16. The van der Waals surface area contributed by atoms with Crippen LogP contribution in [0.2, 0.25) is 0 Å². The first-order valence-electron chi connectivity index (χ1n) is 11.0. The van der Waals surface area contributed by atoms with Crippen LogP contribution in [0.4, 0.5) is 5.82 Å². The van der Waals surface area contributed by atoms with Crippen molar-refractivity contribution in [2.45, 2.75) is 50.7 Å². The number of aromatic nitrogens is 5. The second-order valence-electron chi connectivity index (χ2n) is 7.93. The monoisotopic (exact) mass is 486 g/mol. The number of rotatable bonds is 9. The molecule has 0 radical (unpaired) electrons. The molecule has 1 aliphatic heterocycles. The SMILES string of the molecule is CCn1c(=O)c(C(=O)CSc2n[nH]c(=O)n2CC2CCCO2)c(N)n(Cc2ccccc2)c1=O. The van der Waals surface area contributed by atoms with Crippen LogP contribution in [0.1, 0.15) is 35.7 Å². The zero-order valence-corrected chi connectivity index (χ0v) is 19.5. The van der Waals surface area contributed by atoms with Gasteiger partial charge >= 0.3 is 11.4 Å². The molecule has 2 aromatic heterocycles. The number of carbonyl (C=O) groups excluding carboxylic acids is 1. The topological polar surface area (TPSA) is 147 Å². The Morgan fingerprint density at radius 3 is 2.65 bits per heavy atom. The van der Waals surface area contributed by atoms with Gasteiger partial charge in [0.05, 0.1) is 24.9 Å². The highest BCUT2D eigenvalue weighted by Gasteiger charge is 2.24. The summed E-state index contributed by atoms with van der Waals surface area (Å²) < 4.78 is 9.25. The van der Waals surface area contributed by atoms with E-state index in [1.807, 2.05) is 30.3 Å². The van der Waals surface area contributed by atoms with Crippen LogP contribution in [0.3, 0.4) is 0 Å². The molecule has 1 atom stereocenters. The van der Waals surface area contributed by atoms with Crippen LogP contribution in [-0.2, 0) is 24.4 Å². The van der Waals surface area contributed by atoms with Crippen LogP contribution in [0, 0.1) is 0 Å². The maximum Gasteiger partial charge on any atom is 0.344 e. The predicted molar refractivity (Wildman–Crippen MR) is 127 cm³/mol. The van der Waals surface area contributed by atoms with Gasteiger partial charge in [0.1, 0.15) is 11.4 Å². The molecule has 0 spiro atoms. The zero-order valence-electron chi connectivity index (χ0n) is 18.7. The summed E-state index contributed by atoms with van der Waals surface area (Å²) >= 11 is 1.02. The van der Waals surface area contributed by atoms with E-state index in [0.717, 1.165) is 34.7 Å². The van der Waals surface area contributed by atoms with Crippen molar-refractivity contribution >= 4 is 23.4 Å². The number of nitrogens with two attached hydrogens (primary N) is 1. The number of thioether (sulfide) groups is 1. The number of H-pyrrole nitrogens is 1. The zero-order chi connectivity index (χ0) is 24.2. The average Bonchev–Trinajstić information content (AvgIpc) is 3.47. The van der Waals surface area contributed by atoms with Gasteiger partial charge < -0.3 is 10.5 Å². The number of anilines is 1. The first-order valence-corrected chi connectivity index (χ1v) is 12.0. The molecule has 0 bridgehead atoms. The minimum absolute atomic E-state index is 0.0840. The minimum Gasteiger partial charge on any atom is -0.384 e. The highest BCUT2D eigenvalue weighted by Crippen LogP contribution is 2.20. The smallest absolute Gasteiger partial charge is 0.344 e. The number of nitrogens with one attached hydrogen (secondary N) is 1. The summed E-state index contributed by atoms with van der Waals surface area (Å²) in [7, 11) is 0. The van der Waals surface area contributed by atoms with E-state index in [-0.39, 0.29) is 36.3 Å². The molecule has 1 unspecified atom stereocenters. The third-order valence-electron chi connectivity index (χ3n) is 5.71. The molecule has 0 amide bonds. The number of ether oxygens (including phenoxy) is 1. The quantitative estimate of drug-likeness (QED) is 0.332. The summed E-state index contributed by atoms with van der Waals surface area (Å²) in [5.74, 6) is -0.897. The van der Waals surface area contributed by atoms with E-state index in [0.29, 0.717) is 18.3 Å². The Morgan fingerprint density at radius 2 is 1.97 bits per heavy atom. The van der Waals surface area contributed by atoms with Gasteiger partial charge in [-0.2, -0.15) is 0 Å². The number of carbonyl (C=O) groups is 1. The minimum atomic E-state index is -0.723. The number of aromatic amines is 1. The molecule has 0 aliphatic carbocycles. The van der Waals surface area contributed by atoms with Crippen molar-refractivity contribution in [2.24, 2.45) is 0 Å². The number of nitrogen functional groups attached to an aromatic ring is 1. The molecule has 1 fully saturated rings.